The largest absolute Gasteiger partial charge is 0.306 e. The highest BCUT2D eigenvalue weighted by molar-refractivity contribution is 5.20. The molecule has 0 unspecified atom stereocenters. The zero-order valence-electron chi connectivity index (χ0n) is 13.4. The average molecular weight is 263 g/mol. The fourth-order valence-electron chi connectivity index (χ4n) is 2.74. The van der Waals surface area contributed by atoms with Gasteiger partial charge in [0, 0.05) is 11.1 Å². The Balaban J connectivity index is 2.30. The fraction of sp³-hybridized carbons (Fsp3) is 0.812. The molecular weight excluding hydrogens is 234 g/mol. The summed E-state index contributed by atoms with van der Waals surface area (Å²) >= 11 is 0. The van der Waals surface area contributed by atoms with Gasteiger partial charge in [0.2, 0.25) is 0 Å². The summed E-state index contributed by atoms with van der Waals surface area (Å²) in [6.07, 6.45) is 2.45. The van der Waals surface area contributed by atoms with Crippen LogP contribution in [0.2, 0.25) is 0 Å². The lowest BCUT2D eigenvalue weighted by molar-refractivity contribution is 0.208. The minimum atomic E-state index is 0.139. The zero-order valence-corrected chi connectivity index (χ0v) is 13.4. The Kier molecular flexibility index (Phi) is 4.05. The molecule has 1 aromatic heterocycles. The van der Waals surface area contributed by atoms with Crippen LogP contribution in [0.3, 0.4) is 0 Å². The minimum Gasteiger partial charge on any atom is -0.306 e. The SMILES string of the molecule is CC(C)c1cc(C(C)(C)C)nn1C1CCN(C)CC1. The van der Waals surface area contributed by atoms with Crippen molar-refractivity contribution in [1.29, 1.82) is 0 Å². The topological polar surface area (TPSA) is 21.1 Å². The van der Waals surface area contributed by atoms with Gasteiger partial charge in [-0.25, -0.2) is 0 Å². The van der Waals surface area contributed by atoms with Crippen molar-refractivity contribution in [3.05, 3.63) is 17.5 Å². The average Bonchev–Trinajstić information content (AvgIpc) is 2.74. The fourth-order valence-corrected chi connectivity index (χ4v) is 2.74. The van der Waals surface area contributed by atoms with Crippen molar-refractivity contribution in [3.8, 4) is 0 Å². The summed E-state index contributed by atoms with van der Waals surface area (Å²) in [6.45, 7) is 13.7. The normalized spacial score (nSPS) is 19.3. The van der Waals surface area contributed by atoms with Crippen LogP contribution in [-0.2, 0) is 5.41 Å². The molecule has 0 amide bonds. The van der Waals surface area contributed by atoms with E-state index in [0.29, 0.717) is 12.0 Å². The maximum absolute atomic E-state index is 4.95. The van der Waals surface area contributed by atoms with Gasteiger partial charge in [-0.2, -0.15) is 5.10 Å². The van der Waals surface area contributed by atoms with Gasteiger partial charge in [-0.3, -0.25) is 4.68 Å². The second-order valence-electron chi connectivity index (χ2n) is 7.34. The van der Waals surface area contributed by atoms with E-state index in [4.69, 9.17) is 5.10 Å². The van der Waals surface area contributed by atoms with E-state index in [-0.39, 0.29) is 5.41 Å². The molecule has 0 N–H and O–H groups in total. The van der Waals surface area contributed by atoms with Crippen LogP contribution in [0.15, 0.2) is 6.07 Å². The third kappa shape index (κ3) is 3.19. The standard InChI is InChI=1S/C16H29N3/c1-12(2)14-11-15(16(3,4)5)17-19(14)13-7-9-18(6)10-8-13/h11-13H,7-10H2,1-6H3. The quantitative estimate of drug-likeness (QED) is 0.813. The molecule has 0 radical (unpaired) electrons. The van der Waals surface area contributed by atoms with Gasteiger partial charge in [0.25, 0.3) is 0 Å². The maximum Gasteiger partial charge on any atom is 0.0681 e. The van der Waals surface area contributed by atoms with Crippen LogP contribution in [-0.4, -0.2) is 34.8 Å². The van der Waals surface area contributed by atoms with Crippen LogP contribution in [0.25, 0.3) is 0 Å². The smallest absolute Gasteiger partial charge is 0.0681 e. The van der Waals surface area contributed by atoms with E-state index in [2.05, 4.69) is 57.3 Å². The molecule has 1 aliphatic heterocycles. The Morgan fingerprint density at radius 3 is 2.26 bits per heavy atom. The highest BCUT2D eigenvalue weighted by Gasteiger charge is 2.26. The predicted octanol–water partition coefficient (Wildman–Crippen LogP) is 3.57. The molecule has 0 bridgehead atoms. The van der Waals surface area contributed by atoms with E-state index < -0.39 is 0 Å². The molecule has 1 aliphatic rings. The molecule has 1 aromatic rings. The number of likely N-dealkylation sites (tertiary alicyclic amines) is 1. The van der Waals surface area contributed by atoms with Gasteiger partial charge in [-0.1, -0.05) is 34.6 Å². The van der Waals surface area contributed by atoms with Gasteiger partial charge in [0.15, 0.2) is 0 Å². The number of hydrogen-bond acceptors (Lipinski definition) is 2. The first-order valence-electron chi connectivity index (χ1n) is 7.57. The summed E-state index contributed by atoms with van der Waals surface area (Å²) in [5, 5.41) is 4.95. The monoisotopic (exact) mass is 263 g/mol. The van der Waals surface area contributed by atoms with Crippen molar-refractivity contribution in [2.45, 2.75) is 64.8 Å². The molecule has 3 nitrogen and oxygen atoms in total. The van der Waals surface area contributed by atoms with Crippen molar-refractivity contribution in [2.24, 2.45) is 0 Å². The number of hydrogen-bond donors (Lipinski definition) is 0. The van der Waals surface area contributed by atoms with Gasteiger partial charge in [-0.05, 0) is 45.0 Å². The Hall–Kier alpha value is -0.830. The van der Waals surface area contributed by atoms with Gasteiger partial charge < -0.3 is 4.90 Å². The molecule has 0 atom stereocenters. The number of aromatic nitrogens is 2. The van der Waals surface area contributed by atoms with E-state index >= 15 is 0 Å². The second kappa shape index (κ2) is 5.28. The van der Waals surface area contributed by atoms with Crippen LogP contribution < -0.4 is 0 Å². The minimum absolute atomic E-state index is 0.139. The first kappa shape index (κ1) is 14.6. The van der Waals surface area contributed by atoms with Gasteiger partial charge in [-0.15, -0.1) is 0 Å². The molecule has 1 fully saturated rings. The molecular formula is C16H29N3. The predicted molar refractivity (Wildman–Crippen MR) is 80.8 cm³/mol. The van der Waals surface area contributed by atoms with Crippen LogP contribution in [0.5, 0.6) is 0 Å². The summed E-state index contributed by atoms with van der Waals surface area (Å²) in [7, 11) is 2.21. The van der Waals surface area contributed by atoms with E-state index in [9.17, 15) is 0 Å². The van der Waals surface area contributed by atoms with E-state index in [1.807, 2.05) is 0 Å². The molecule has 0 aromatic carbocycles. The van der Waals surface area contributed by atoms with Crippen LogP contribution >= 0.6 is 0 Å². The van der Waals surface area contributed by atoms with Gasteiger partial charge in [0.05, 0.1) is 11.7 Å². The van der Waals surface area contributed by atoms with E-state index in [1.54, 1.807) is 0 Å². The summed E-state index contributed by atoms with van der Waals surface area (Å²) < 4.78 is 2.33. The lowest BCUT2D eigenvalue weighted by atomic mass is 9.91. The Morgan fingerprint density at radius 1 is 1.21 bits per heavy atom. The Morgan fingerprint density at radius 2 is 1.79 bits per heavy atom. The molecule has 19 heavy (non-hydrogen) atoms. The summed E-state index contributed by atoms with van der Waals surface area (Å²) in [5.74, 6) is 0.545. The lowest BCUT2D eigenvalue weighted by Gasteiger charge is -2.30. The maximum atomic E-state index is 4.95. The van der Waals surface area contributed by atoms with Crippen molar-refractivity contribution in [3.63, 3.8) is 0 Å². The van der Waals surface area contributed by atoms with Crippen LogP contribution in [0.1, 0.15) is 70.8 Å². The lowest BCUT2D eigenvalue weighted by Crippen LogP contribution is -2.32. The number of nitrogens with zero attached hydrogens (tertiary/aromatic N) is 3. The molecule has 0 spiro atoms. The van der Waals surface area contributed by atoms with Gasteiger partial charge >= 0.3 is 0 Å². The molecule has 1 saturated heterocycles. The van der Waals surface area contributed by atoms with Crippen LogP contribution in [0, 0.1) is 0 Å². The van der Waals surface area contributed by atoms with Crippen molar-refractivity contribution in [1.82, 2.24) is 14.7 Å². The Labute approximate surface area is 118 Å². The molecule has 0 aliphatic carbocycles. The summed E-state index contributed by atoms with van der Waals surface area (Å²) in [6, 6.07) is 2.91. The first-order chi connectivity index (χ1) is 8.79. The summed E-state index contributed by atoms with van der Waals surface area (Å²) in [4.78, 5) is 2.42. The highest BCUT2D eigenvalue weighted by Crippen LogP contribution is 2.30. The Bertz CT molecular complexity index is 418. The third-order valence-electron chi connectivity index (χ3n) is 4.16. The van der Waals surface area contributed by atoms with Gasteiger partial charge in [0.1, 0.15) is 0 Å². The van der Waals surface area contributed by atoms with Crippen LogP contribution in [0.4, 0.5) is 0 Å². The number of rotatable bonds is 2. The first-order valence-corrected chi connectivity index (χ1v) is 7.57. The second-order valence-corrected chi connectivity index (χ2v) is 7.34. The molecule has 2 heterocycles. The van der Waals surface area contributed by atoms with E-state index in [0.717, 1.165) is 0 Å². The van der Waals surface area contributed by atoms with Crippen molar-refractivity contribution in [2.75, 3.05) is 20.1 Å². The zero-order chi connectivity index (χ0) is 14.2. The molecule has 108 valence electrons. The third-order valence-corrected chi connectivity index (χ3v) is 4.16. The van der Waals surface area contributed by atoms with Crippen molar-refractivity contribution >= 4 is 0 Å². The van der Waals surface area contributed by atoms with Crippen molar-refractivity contribution < 1.29 is 0 Å². The molecule has 2 rings (SSSR count). The molecule has 0 saturated carbocycles. The molecule has 3 heteroatoms. The number of piperidine rings is 1. The van der Waals surface area contributed by atoms with E-state index in [1.165, 1.54) is 37.3 Å². The summed E-state index contributed by atoms with van der Waals surface area (Å²) in [5.41, 5.74) is 2.77. The highest BCUT2D eigenvalue weighted by atomic mass is 15.3.